The quantitative estimate of drug-likeness (QED) is 0.815. The van der Waals surface area contributed by atoms with Gasteiger partial charge in [0.2, 0.25) is 5.88 Å². The molecule has 2 heterocycles. The Morgan fingerprint density at radius 2 is 1.61 bits per heavy atom. The van der Waals surface area contributed by atoms with E-state index in [1.165, 1.54) is 12.1 Å². The molecule has 0 amide bonds. The van der Waals surface area contributed by atoms with E-state index >= 15 is 0 Å². The molecule has 0 unspecified atom stereocenters. The standard InChI is InChI=1S/C17H19BFNO3/c1-16(2)17(3,4)23-18(22-16)14-6-5-11-20-15(14)21-13-9-7-12(19)8-10-13/h5-11H,1-4H3. The summed E-state index contributed by atoms with van der Waals surface area (Å²) in [5.41, 5.74) is -0.183. The molecule has 0 saturated carbocycles. The third-order valence-corrected chi connectivity index (χ3v) is 4.34. The van der Waals surface area contributed by atoms with Crippen molar-refractivity contribution in [1.82, 2.24) is 4.98 Å². The summed E-state index contributed by atoms with van der Waals surface area (Å²) in [7, 11) is -0.566. The van der Waals surface area contributed by atoms with Crippen LogP contribution in [0.15, 0.2) is 42.6 Å². The van der Waals surface area contributed by atoms with Crippen LogP contribution in [-0.4, -0.2) is 23.3 Å². The smallest absolute Gasteiger partial charge is 0.439 e. The number of pyridine rings is 1. The minimum absolute atomic E-state index is 0.315. The van der Waals surface area contributed by atoms with Crippen molar-refractivity contribution in [3.05, 3.63) is 48.4 Å². The molecule has 0 bridgehead atoms. The maximum Gasteiger partial charge on any atom is 0.500 e. The molecule has 1 saturated heterocycles. The normalized spacial score (nSPS) is 18.9. The van der Waals surface area contributed by atoms with Gasteiger partial charge in [-0.2, -0.15) is 0 Å². The van der Waals surface area contributed by atoms with E-state index in [0.717, 1.165) is 0 Å². The van der Waals surface area contributed by atoms with Crippen LogP contribution in [0.2, 0.25) is 0 Å². The number of nitrogens with zero attached hydrogens (tertiary/aromatic N) is 1. The summed E-state index contributed by atoms with van der Waals surface area (Å²) in [4.78, 5) is 4.26. The molecular weight excluding hydrogens is 296 g/mol. The van der Waals surface area contributed by atoms with Crippen LogP contribution < -0.4 is 10.2 Å². The molecule has 1 aromatic carbocycles. The molecule has 0 aliphatic carbocycles. The van der Waals surface area contributed by atoms with Crippen LogP contribution in [0.4, 0.5) is 4.39 Å². The third-order valence-electron chi connectivity index (χ3n) is 4.34. The van der Waals surface area contributed by atoms with Gasteiger partial charge in [0.1, 0.15) is 11.6 Å². The molecule has 3 rings (SSSR count). The number of ether oxygens (including phenoxy) is 1. The van der Waals surface area contributed by atoms with Crippen molar-refractivity contribution >= 4 is 12.6 Å². The van der Waals surface area contributed by atoms with Gasteiger partial charge >= 0.3 is 7.12 Å². The van der Waals surface area contributed by atoms with Gasteiger partial charge in [-0.1, -0.05) is 6.07 Å². The molecule has 0 radical (unpaired) electrons. The minimum Gasteiger partial charge on any atom is -0.439 e. The zero-order valence-corrected chi connectivity index (χ0v) is 13.7. The third kappa shape index (κ3) is 3.09. The van der Waals surface area contributed by atoms with Crippen molar-refractivity contribution in [3.63, 3.8) is 0 Å². The second-order valence-electron chi connectivity index (χ2n) is 6.54. The molecule has 23 heavy (non-hydrogen) atoms. The maximum atomic E-state index is 13.0. The van der Waals surface area contributed by atoms with Gasteiger partial charge < -0.3 is 14.0 Å². The average molecular weight is 315 g/mol. The highest BCUT2D eigenvalue weighted by Gasteiger charge is 2.52. The Labute approximate surface area is 135 Å². The fourth-order valence-corrected chi connectivity index (χ4v) is 2.25. The topological polar surface area (TPSA) is 40.6 Å². The number of rotatable bonds is 3. The Bertz CT molecular complexity index is 687. The molecule has 1 aliphatic rings. The first-order valence-electron chi connectivity index (χ1n) is 7.52. The summed E-state index contributed by atoms with van der Waals surface area (Å²) in [5.74, 6) is 0.574. The molecule has 6 heteroatoms. The second-order valence-corrected chi connectivity index (χ2v) is 6.54. The van der Waals surface area contributed by atoms with Crippen molar-refractivity contribution in [2.45, 2.75) is 38.9 Å². The molecule has 1 aromatic heterocycles. The number of aromatic nitrogens is 1. The van der Waals surface area contributed by atoms with E-state index in [2.05, 4.69) is 4.98 Å². The largest absolute Gasteiger partial charge is 0.500 e. The number of halogens is 1. The van der Waals surface area contributed by atoms with E-state index in [0.29, 0.717) is 17.1 Å². The van der Waals surface area contributed by atoms with Gasteiger partial charge in [-0.15, -0.1) is 0 Å². The lowest BCUT2D eigenvalue weighted by Crippen LogP contribution is -2.41. The maximum absolute atomic E-state index is 13.0. The average Bonchev–Trinajstić information content (AvgIpc) is 2.70. The summed E-state index contributed by atoms with van der Waals surface area (Å²) in [6, 6.07) is 9.45. The lowest BCUT2D eigenvalue weighted by atomic mass is 9.80. The zero-order valence-electron chi connectivity index (χ0n) is 13.7. The van der Waals surface area contributed by atoms with Crippen LogP contribution in [0.3, 0.4) is 0 Å². The minimum atomic E-state index is -0.566. The summed E-state index contributed by atoms with van der Waals surface area (Å²) in [6.07, 6.45) is 1.63. The predicted octanol–water partition coefficient (Wildman–Crippen LogP) is 3.31. The molecule has 1 fully saturated rings. The van der Waals surface area contributed by atoms with E-state index in [4.69, 9.17) is 14.0 Å². The van der Waals surface area contributed by atoms with Crippen LogP contribution in [0.5, 0.6) is 11.6 Å². The summed E-state index contributed by atoms with van der Waals surface area (Å²) >= 11 is 0. The monoisotopic (exact) mass is 315 g/mol. The van der Waals surface area contributed by atoms with Gasteiger partial charge in [-0.25, -0.2) is 9.37 Å². The van der Waals surface area contributed by atoms with Gasteiger partial charge in [-0.3, -0.25) is 0 Å². The summed E-state index contributed by atoms with van der Waals surface area (Å²) in [5, 5.41) is 0. The van der Waals surface area contributed by atoms with Gasteiger partial charge in [-0.05, 0) is 58.0 Å². The molecule has 2 aromatic rings. The fourth-order valence-electron chi connectivity index (χ4n) is 2.25. The van der Waals surface area contributed by atoms with Crippen molar-refractivity contribution in [2.24, 2.45) is 0 Å². The van der Waals surface area contributed by atoms with Crippen molar-refractivity contribution in [3.8, 4) is 11.6 Å². The molecule has 0 spiro atoms. The van der Waals surface area contributed by atoms with Gasteiger partial charge in [0.25, 0.3) is 0 Å². The SMILES string of the molecule is CC1(C)OB(c2cccnc2Oc2ccc(F)cc2)OC1(C)C. The first-order chi connectivity index (χ1) is 10.8. The molecule has 1 aliphatic heterocycles. The van der Waals surface area contributed by atoms with E-state index in [1.807, 2.05) is 33.8 Å². The molecule has 120 valence electrons. The Morgan fingerprint density at radius 1 is 1.00 bits per heavy atom. The molecule has 4 nitrogen and oxygen atoms in total. The highest BCUT2D eigenvalue weighted by molar-refractivity contribution is 6.63. The predicted molar refractivity (Wildman–Crippen MR) is 86.4 cm³/mol. The summed E-state index contributed by atoms with van der Waals surface area (Å²) < 4.78 is 30.9. The number of hydrogen-bond donors (Lipinski definition) is 0. The van der Waals surface area contributed by atoms with Crippen LogP contribution >= 0.6 is 0 Å². The van der Waals surface area contributed by atoms with Crippen molar-refractivity contribution in [2.75, 3.05) is 0 Å². The highest BCUT2D eigenvalue weighted by atomic mass is 19.1. The number of benzene rings is 1. The van der Waals surface area contributed by atoms with E-state index in [-0.39, 0.29) is 5.82 Å². The van der Waals surface area contributed by atoms with Crippen LogP contribution in [0.1, 0.15) is 27.7 Å². The van der Waals surface area contributed by atoms with Crippen LogP contribution in [0.25, 0.3) is 0 Å². The van der Waals surface area contributed by atoms with Crippen LogP contribution in [-0.2, 0) is 9.31 Å². The fraction of sp³-hybridized carbons (Fsp3) is 0.353. The molecule has 0 N–H and O–H groups in total. The van der Waals surface area contributed by atoms with Crippen molar-refractivity contribution < 1.29 is 18.4 Å². The van der Waals surface area contributed by atoms with Gasteiger partial charge in [0.15, 0.2) is 0 Å². The van der Waals surface area contributed by atoms with Gasteiger partial charge in [0, 0.05) is 11.7 Å². The molecule has 0 atom stereocenters. The Morgan fingerprint density at radius 3 is 2.22 bits per heavy atom. The Balaban J connectivity index is 1.88. The molecular formula is C17H19BFNO3. The number of hydrogen-bond acceptors (Lipinski definition) is 4. The second kappa shape index (κ2) is 5.62. The zero-order chi connectivity index (χ0) is 16.7. The van der Waals surface area contributed by atoms with E-state index in [9.17, 15) is 4.39 Å². The lowest BCUT2D eigenvalue weighted by molar-refractivity contribution is 0.00578. The van der Waals surface area contributed by atoms with E-state index < -0.39 is 18.3 Å². The van der Waals surface area contributed by atoms with Gasteiger partial charge in [0.05, 0.1) is 11.2 Å². The Kier molecular flexibility index (Phi) is 3.90. The summed E-state index contributed by atoms with van der Waals surface area (Å²) in [6.45, 7) is 7.96. The van der Waals surface area contributed by atoms with Crippen molar-refractivity contribution in [1.29, 1.82) is 0 Å². The highest BCUT2D eigenvalue weighted by Crippen LogP contribution is 2.37. The van der Waals surface area contributed by atoms with E-state index in [1.54, 1.807) is 24.4 Å². The van der Waals surface area contributed by atoms with Crippen LogP contribution in [0, 0.1) is 5.82 Å². The first kappa shape index (κ1) is 16.0. The first-order valence-corrected chi connectivity index (χ1v) is 7.52. The Hall–Kier alpha value is -1.92. The lowest BCUT2D eigenvalue weighted by Gasteiger charge is -2.32.